The molecule has 2 aromatic rings. The normalized spacial score (nSPS) is 11.6. The summed E-state index contributed by atoms with van der Waals surface area (Å²) in [7, 11) is 4.51. The van der Waals surface area contributed by atoms with Crippen LogP contribution in [0, 0.1) is 0 Å². The maximum Gasteiger partial charge on any atom is 0.404 e. The van der Waals surface area contributed by atoms with E-state index in [0.29, 0.717) is 22.8 Å². The first-order valence-corrected chi connectivity index (χ1v) is 6.55. The van der Waals surface area contributed by atoms with Crippen molar-refractivity contribution in [1.82, 2.24) is 20.2 Å². The van der Waals surface area contributed by atoms with Gasteiger partial charge in [-0.05, 0) is 22.9 Å². The number of aromatic nitrogens is 4. The van der Waals surface area contributed by atoms with Gasteiger partial charge < -0.3 is 24.7 Å². The first-order valence-electron chi connectivity index (χ1n) is 6.55. The molecule has 1 aromatic heterocycles. The second kappa shape index (κ2) is 7.29. The van der Waals surface area contributed by atoms with E-state index in [1.807, 2.05) is 0 Å². The molecule has 0 fully saturated rings. The third-order valence-corrected chi connectivity index (χ3v) is 3.10. The molecule has 2 N–H and O–H groups in total. The predicted molar refractivity (Wildman–Crippen MR) is 77.6 cm³/mol. The van der Waals surface area contributed by atoms with Crippen LogP contribution in [0.1, 0.15) is 11.6 Å². The highest BCUT2D eigenvalue weighted by molar-refractivity contribution is 5.64. The van der Waals surface area contributed by atoms with Gasteiger partial charge in [-0.1, -0.05) is 0 Å². The van der Waals surface area contributed by atoms with Crippen LogP contribution in [0.2, 0.25) is 0 Å². The molecule has 1 unspecified atom stereocenters. The summed E-state index contributed by atoms with van der Waals surface area (Å²) in [5.41, 5.74) is 5.70. The second-order valence-corrected chi connectivity index (χ2v) is 4.36. The molecule has 10 heteroatoms. The molecule has 0 aliphatic carbocycles. The molecule has 0 saturated carbocycles. The van der Waals surface area contributed by atoms with E-state index in [1.54, 1.807) is 12.1 Å². The van der Waals surface area contributed by atoms with Crippen LogP contribution in [0.5, 0.6) is 17.2 Å². The Morgan fingerprint density at radius 1 is 1.22 bits per heavy atom. The summed E-state index contributed by atoms with van der Waals surface area (Å²) >= 11 is 0. The van der Waals surface area contributed by atoms with Crippen LogP contribution in [-0.4, -0.2) is 54.2 Å². The number of primary amides is 1. The number of nitrogens with two attached hydrogens (primary N) is 1. The quantitative estimate of drug-likeness (QED) is 0.775. The fraction of sp³-hybridized carbons (Fsp3) is 0.385. The molecule has 0 radical (unpaired) electrons. The third-order valence-electron chi connectivity index (χ3n) is 3.10. The van der Waals surface area contributed by atoms with Crippen molar-refractivity contribution in [2.24, 2.45) is 5.73 Å². The maximum absolute atomic E-state index is 10.9. The molecule has 2 rings (SSSR count). The summed E-state index contributed by atoms with van der Waals surface area (Å²) in [6, 6.07) is 2.86. The highest BCUT2D eigenvalue weighted by Crippen LogP contribution is 2.40. The van der Waals surface area contributed by atoms with Crippen molar-refractivity contribution in [1.29, 1.82) is 0 Å². The summed E-state index contributed by atoms with van der Waals surface area (Å²) in [5.74, 6) is 1.34. The van der Waals surface area contributed by atoms with Gasteiger partial charge >= 0.3 is 6.09 Å². The first-order chi connectivity index (χ1) is 11.1. The van der Waals surface area contributed by atoms with Crippen LogP contribution in [-0.2, 0) is 4.74 Å². The van der Waals surface area contributed by atoms with Gasteiger partial charge in [-0.25, -0.2) is 4.79 Å². The molecule has 0 saturated heterocycles. The first kappa shape index (κ1) is 16.3. The lowest BCUT2D eigenvalue weighted by molar-refractivity contribution is 0.139. The van der Waals surface area contributed by atoms with Crippen LogP contribution in [0.25, 0.3) is 0 Å². The van der Waals surface area contributed by atoms with E-state index in [1.165, 1.54) is 32.5 Å². The Balaban J connectivity index is 2.47. The van der Waals surface area contributed by atoms with Crippen LogP contribution < -0.4 is 19.9 Å². The molecule has 0 bridgehead atoms. The van der Waals surface area contributed by atoms with Crippen LogP contribution >= 0.6 is 0 Å². The van der Waals surface area contributed by atoms with Crippen molar-refractivity contribution in [3.63, 3.8) is 0 Å². The fourth-order valence-corrected chi connectivity index (χ4v) is 2.07. The number of ether oxygens (including phenoxy) is 4. The average Bonchev–Trinajstić information content (AvgIpc) is 3.07. The number of hydrogen-bond acceptors (Lipinski definition) is 8. The second-order valence-electron chi connectivity index (χ2n) is 4.36. The van der Waals surface area contributed by atoms with Gasteiger partial charge in [0.05, 0.1) is 21.3 Å². The predicted octanol–water partition coefficient (Wildman–Crippen LogP) is 0.384. The summed E-state index contributed by atoms with van der Waals surface area (Å²) in [6.07, 6.45) is 0.373. The zero-order valence-electron chi connectivity index (χ0n) is 12.9. The Morgan fingerprint density at radius 3 is 2.30 bits per heavy atom. The minimum Gasteiger partial charge on any atom is -0.493 e. The van der Waals surface area contributed by atoms with Crippen molar-refractivity contribution in [3.05, 3.63) is 24.0 Å². The van der Waals surface area contributed by atoms with Crippen LogP contribution in [0.3, 0.4) is 0 Å². The Kier molecular flexibility index (Phi) is 5.18. The van der Waals surface area contributed by atoms with Crippen LogP contribution in [0.4, 0.5) is 4.79 Å². The topological polar surface area (TPSA) is 124 Å². The Morgan fingerprint density at radius 2 is 1.87 bits per heavy atom. The van der Waals surface area contributed by atoms with Gasteiger partial charge in [0.2, 0.25) is 5.75 Å². The number of methoxy groups -OCH3 is 3. The molecular formula is C13H17N5O5. The minimum absolute atomic E-state index is 0.0790. The molecule has 1 heterocycles. The molecular weight excluding hydrogens is 306 g/mol. The van der Waals surface area contributed by atoms with Gasteiger partial charge in [0.1, 0.15) is 12.6 Å². The minimum atomic E-state index is -0.900. The largest absolute Gasteiger partial charge is 0.493 e. The van der Waals surface area contributed by atoms with E-state index in [4.69, 9.17) is 24.7 Å². The van der Waals surface area contributed by atoms with E-state index in [2.05, 4.69) is 15.4 Å². The van der Waals surface area contributed by atoms with Gasteiger partial charge in [-0.15, -0.1) is 10.2 Å². The standard InChI is InChI=1S/C13H17N5O5/c1-20-10-4-8(5-11(21-2)12(10)22-3)9(6-23-13(14)19)18-16-7-15-17-18/h4-5,7,9H,6H2,1-3H3,(H2,14,19). The average molecular weight is 323 g/mol. The number of nitrogens with zero attached hydrogens (tertiary/aromatic N) is 4. The zero-order chi connectivity index (χ0) is 16.8. The number of carbonyl (C=O) groups is 1. The lowest BCUT2D eigenvalue weighted by atomic mass is 10.1. The molecule has 1 aromatic carbocycles. The highest BCUT2D eigenvalue weighted by atomic mass is 16.5. The molecule has 0 aliphatic rings. The summed E-state index contributed by atoms with van der Waals surface area (Å²) in [4.78, 5) is 12.2. The van der Waals surface area contributed by atoms with Gasteiger partial charge in [-0.2, -0.15) is 4.80 Å². The lowest BCUT2D eigenvalue weighted by Crippen LogP contribution is -2.24. The van der Waals surface area contributed by atoms with E-state index in [9.17, 15) is 4.79 Å². The van der Waals surface area contributed by atoms with Crippen molar-refractivity contribution < 1.29 is 23.7 Å². The van der Waals surface area contributed by atoms with Crippen molar-refractivity contribution in [2.75, 3.05) is 27.9 Å². The highest BCUT2D eigenvalue weighted by Gasteiger charge is 2.23. The molecule has 10 nitrogen and oxygen atoms in total. The maximum atomic E-state index is 10.9. The van der Waals surface area contributed by atoms with E-state index in [0.717, 1.165) is 0 Å². The number of amides is 1. The smallest absolute Gasteiger partial charge is 0.404 e. The number of rotatable bonds is 7. The third kappa shape index (κ3) is 3.59. The summed E-state index contributed by atoms with van der Waals surface area (Å²) < 4.78 is 20.8. The Bertz CT molecular complexity index is 636. The Hall–Kier alpha value is -3.04. The van der Waals surface area contributed by atoms with Crippen molar-refractivity contribution >= 4 is 6.09 Å². The summed E-state index contributed by atoms with van der Waals surface area (Å²) in [6.45, 7) is -0.0790. The van der Waals surface area contributed by atoms with Crippen molar-refractivity contribution in [3.8, 4) is 17.2 Å². The number of tetrazole rings is 1. The van der Waals surface area contributed by atoms with Crippen molar-refractivity contribution in [2.45, 2.75) is 6.04 Å². The van der Waals surface area contributed by atoms with E-state index >= 15 is 0 Å². The number of benzene rings is 1. The molecule has 0 aliphatic heterocycles. The van der Waals surface area contributed by atoms with Crippen LogP contribution in [0.15, 0.2) is 18.5 Å². The van der Waals surface area contributed by atoms with E-state index < -0.39 is 12.1 Å². The van der Waals surface area contributed by atoms with Gasteiger partial charge in [0.15, 0.2) is 17.8 Å². The number of carbonyl (C=O) groups excluding carboxylic acids is 1. The van der Waals surface area contributed by atoms with Gasteiger partial charge in [0, 0.05) is 0 Å². The Labute approximate surface area is 132 Å². The molecule has 1 amide bonds. The fourth-order valence-electron chi connectivity index (χ4n) is 2.07. The molecule has 23 heavy (non-hydrogen) atoms. The van der Waals surface area contributed by atoms with E-state index in [-0.39, 0.29) is 6.61 Å². The van der Waals surface area contributed by atoms with Gasteiger partial charge in [0.25, 0.3) is 0 Å². The molecule has 124 valence electrons. The molecule has 1 atom stereocenters. The SMILES string of the molecule is COc1cc(C(COC(N)=O)n2ncnn2)cc(OC)c1OC. The van der Waals surface area contributed by atoms with Gasteiger partial charge in [-0.3, -0.25) is 0 Å². The number of hydrogen-bond donors (Lipinski definition) is 1. The zero-order valence-corrected chi connectivity index (χ0v) is 12.9. The summed E-state index contributed by atoms with van der Waals surface area (Å²) in [5, 5.41) is 11.5. The molecule has 0 spiro atoms. The lowest BCUT2D eigenvalue weighted by Gasteiger charge is -2.19. The monoisotopic (exact) mass is 323 g/mol.